The molecule has 0 radical (unpaired) electrons. The number of aromatic nitrogens is 2. The van der Waals surface area contributed by atoms with E-state index in [1.807, 2.05) is 0 Å². The van der Waals surface area contributed by atoms with Crippen LogP contribution in [0.5, 0.6) is 0 Å². The molecule has 94 valence electrons. The van der Waals surface area contributed by atoms with Crippen molar-refractivity contribution in [3.63, 3.8) is 0 Å². The summed E-state index contributed by atoms with van der Waals surface area (Å²) in [4.78, 5) is 22.1. The molecular formula is C10H16N4O3. The highest BCUT2D eigenvalue weighted by Gasteiger charge is 2.12. The van der Waals surface area contributed by atoms with E-state index < -0.39 is 5.97 Å². The van der Waals surface area contributed by atoms with E-state index in [4.69, 9.17) is 5.11 Å². The molecule has 0 fully saturated rings. The Labute approximate surface area is 98.8 Å². The lowest BCUT2D eigenvalue weighted by atomic mass is 10.1. The van der Waals surface area contributed by atoms with Crippen molar-refractivity contribution in [2.24, 2.45) is 5.92 Å². The summed E-state index contributed by atoms with van der Waals surface area (Å²) in [5.41, 5.74) is 0.499. The molecule has 0 aliphatic heterocycles. The van der Waals surface area contributed by atoms with Gasteiger partial charge in [0.15, 0.2) is 0 Å². The van der Waals surface area contributed by atoms with Gasteiger partial charge in [-0.15, -0.1) is 0 Å². The molecule has 0 spiro atoms. The van der Waals surface area contributed by atoms with Crippen LogP contribution in [0.2, 0.25) is 0 Å². The van der Waals surface area contributed by atoms with Gasteiger partial charge in [0.25, 0.3) is 0 Å². The Hall–Kier alpha value is -1.89. The van der Waals surface area contributed by atoms with Crippen LogP contribution in [0.1, 0.15) is 6.92 Å². The van der Waals surface area contributed by atoms with Crippen molar-refractivity contribution in [1.82, 2.24) is 15.1 Å². The van der Waals surface area contributed by atoms with Crippen LogP contribution in [0.25, 0.3) is 0 Å². The maximum atomic E-state index is 11.6. The number of carboxylic acids is 1. The lowest BCUT2D eigenvalue weighted by Crippen LogP contribution is -2.28. The molecule has 0 aliphatic rings. The first-order chi connectivity index (χ1) is 8.02. The molecule has 1 atom stereocenters. The quantitative estimate of drug-likeness (QED) is 0.638. The first kappa shape index (κ1) is 13.2. The molecule has 7 nitrogen and oxygen atoms in total. The largest absolute Gasteiger partial charge is 0.480 e. The van der Waals surface area contributed by atoms with Gasteiger partial charge in [0, 0.05) is 18.7 Å². The van der Waals surface area contributed by atoms with Crippen LogP contribution in [0.3, 0.4) is 0 Å². The van der Waals surface area contributed by atoms with E-state index >= 15 is 0 Å². The molecule has 1 aromatic heterocycles. The first-order valence-corrected chi connectivity index (χ1v) is 5.22. The second-order valence-corrected chi connectivity index (χ2v) is 3.77. The molecule has 0 aromatic carbocycles. The summed E-state index contributed by atoms with van der Waals surface area (Å²) in [7, 11) is 1.77. The Morgan fingerprint density at radius 2 is 2.29 bits per heavy atom. The number of carbonyl (C=O) groups excluding carboxylic acids is 1. The molecule has 1 rings (SSSR count). The Kier molecular flexibility index (Phi) is 4.65. The molecule has 1 amide bonds. The Balaban J connectivity index is 2.54. The smallest absolute Gasteiger partial charge is 0.325 e. The van der Waals surface area contributed by atoms with Crippen LogP contribution in [0.4, 0.5) is 5.69 Å². The van der Waals surface area contributed by atoms with Gasteiger partial charge in [-0.05, 0) is 7.05 Å². The molecule has 1 unspecified atom stereocenters. The summed E-state index contributed by atoms with van der Waals surface area (Å²) >= 11 is 0. The maximum absolute atomic E-state index is 11.6. The number of hydrogen-bond acceptors (Lipinski definition) is 4. The number of hydrogen-bond donors (Lipinski definition) is 3. The summed E-state index contributed by atoms with van der Waals surface area (Å²) in [5, 5.41) is 18.0. The van der Waals surface area contributed by atoms with E-state index in [1.165, 1.54) is 17.1 Å². The number of rotatable bonds is 6. The lowest BCUT2D eigenvalue weighted by molar-refractivity contribution is -0.137. The molecule has 0 aliphatic carbocycles. The highest BCUT2D eigenvalue weighted by Crippen LogP contribution is 2.07. The highest BCUT2D eigenvalue weighted by atomic mass is 16.4. The van der Waals surface area contributed by atoms with Gasteiger partial charge in [-0.3, -0.25) is 14.3 Å². The first-order valence-electron chi connectivity index (χ1n) is 5.22. The van der Waals surface area contributed by atoms with Crippen molar-refractivity contribution in [3.8, 4) is 0 Å². The lowest BCUT2D eigenvalue weighted by Gasteiger charge is -2.09. The SMILES string of the molecule is CNCC(C)C(=O)Nc1cnn(CC(=O)O)c1. The number of amides is 1. The molecule has 0 saturated carbocycles. The third-order valence-corrected chi connectivity index (χ3v) is 2.16. The number of carbonyl (C=O) groups is 2. The van der Waals surface area contributed by atoms with Crippen molar-refractivity contribution >= 4 is 17.6 Å². The number of anilines is 1. The van der Waals surface area contributed by atoms with Crippen molar-refractivity contribution in [1.29, 1.82) is 0 Å². The number of nitrogens with one attached hydrogen (secondary N) is 2. The van der Waals surface area contributed by atoms with Gasteiger partial charge in [-0.1, -0.05) is 6.92 Å². The summed E-state index contributed by atoms with van der Waals surface area (Å²) in [5.74, 6) is -1.27. The molecule has 0 saturated heterocycles. The summed E-state index contributed by atoms with van der Waals surface area (Å²) in [6, 6.07) is 0. The van der Waals surface area contributed by atoms with Gasteiger partial charge in [0.05, 0.1) is 11.9 Å². The molecule has 1 heterocycles. The van der Waals surface area contributed by atoms with Gasteiger partial charge in [0.2, 0.25) is 5.91 Å². The van der Waals surface area contributed by atoms with Crippen molar-refractivity contribution < 1.29 is 14.7 Å². The zero-order valence-corrected chi connectivity index (χ0v) is 9.80. The van der Waals surface area contributed by atoms with Crippen molar-refractivity contribution in [2.75, 3.05) is 18.9 Å². The van der Waals surface area contributed by atoms with Gasteiger partial charge in [-0.2, -0.15) is 5.10 Å². The van der Waals surface area contributed by atoms with E-state index in [9.17, 15) is 9.59 Å². The van der Waals surface area contributed by atoms with Gasteiger partial charge in [0.1, 0.15) is 6.54 Å². The Morgan fingerprint density at radius 1 is 1.59 bits per heavy atom. The predicted octanol–water partition coefficient (Wildman–Crippen LogP) is -0.238. The van der Waals surface area contributed by atoms with Gasteiger partial charge in [-0.25, -0.2) is 0 Å². The minimum Gasteiger partial charge on any atom is -0.480 e. The van der Waals surface area contributed by atoms with Crippen LogP contribution in [0, 0.1) is 5.92 Å². The topological polar surface area (TPSA) is 96.3 Å². The Morgan fingerprint density at radius 3 is 2.88 bits per heavy atom. The second kappa shape index (κ2) is 6.00. The number of carboxylic acid groups (broad SMARTS) is 1. The minimum atomic E-state index is -0.977. The minimum absolute atomic E-state index is 0.130. The summed E-state index contributed by atoms with van der Waals surface area (Å²) in [6.07, 6.45) is 2.91. The molecule has 3 N–H and O–H groups in total. The normalized spacial score (nSPS) is 12.1. The highest BCUT2D eigenvalue weighted by molar-refractivity contribution is 5.92. The second-order valence-electron chi connectivity index (χ2n) is 3.77. The van der Waals surface area contributed by atoms with E-state index in [0.717, 1.165) is 0 Å². The monoisotopic (exact) mass is 240 g/mol. The van der Waals surface area contributed by atoms with E-state index in [0.29, 0.717) is 12.2 Å². The molecule has 1 aromatic rings. The third kappa shape index (κ3) is 4.23. The van der Waals surface area contributed by atoms with E-state index in [1.54, 1.807) is 14.0 Å². The molecule has 17 heavy (non-hydrogen) atoms. The molecule has 0 bridgehead atoms. The van der Waals surface area contributed by atoms with Crippen molar-refractivity contribution in [3.05, 3.63) is 12.4 Å². The zero-order valence-electron chi connectivity index (χ0n) is 9.80. The fraction of sp³-hybridized carbons (Fsp3) is 0.500. The van der Waals surface area contributed by atoms with E-state index in [-0.39, 0.29) is 18.4 Å². The predicted molar refractivity (Wildman–Crippen MR) is 61.6 cm³/mol. The molecule has 7 heteroatoms. The van der Waals surface area contributed by atoms with E-state index in [2.05, 4.69) is 15.7 Å². The molecular weight excluding hydrogens is 224 g/mol. The van der Waals surface area contributed by atoms with Crippen LogP contribution in [-0.4, -0.2) is 40.4 Å². The Bertz CT molecular complexity index is 402. The maximum Gasteiger partial charge on any atom is 0.325 e. The average molecular weight is 240 g/mol. The number of nitrogens with zero attached hydrogens (tertiary/aromatic N) is 2. The van der Waals surface area contributed by atoms with Crippen LogP contribution in [-0.2, 0) is 16.1 Å². The van der Waals surface area contributed by atoms with Crippen LogP contribution in [0.15, 0.2) is 12.4 Å². The van der Waals surface area contributed by atoms with Crippen molar-refractivity contribution in [2.45, 2.75) is 13.5 Å². The van der Waals surface area contributed by atoms with Crippen LogP contribution < -0.4 is 10.6 Å². The zero-order chi connectivity index (χ0) is 12.8. The fourth-order valence-corrected chi connectivity index (χ4v) is 1.32. The summed E-state index contributed by atoms with van der Waals surface area (Å²) in [6.45, 7) is 2.16. The van der Waals surface area contributed by atoms with Crippen LogP contribution >= 0.6 is 0 Å². The van der Waals surface area contributed by atoms with Gasteiger partial charge < -0.3 is 15.7 Å². The van der Waals surface area contributed by atoms with Gasteiger partial charge >= 0.3 is 5.97 Å². The fourth-order valence-electron chi connectivity index (χ4n) is 1.32. The standard InChI is InChI=1S/C10H16N4O3/c1-7(3-11-2)10(17)13-8-4-12-14(5-8)6-9(15)16/h4-5,7,11H,3,6H2,1-2H3,(H,13,17)(H,15,16). The summed E-state index contributed by atoms with van der Waals surface area (Å²) < 4.78 is 1.25. The average Bonchev–Trinajstić information content (AvgIpc) is 2.64. The third-order valence-electron chi connectivity index (χ3n) is 2.16. The number of aliphatic carboxylic acids is 1.